The van der Waals surface area contributed by atoms with E-state index in [9.17, 15) is 9.59 Å². The predicted octanol–water partition coefficient (Wildman–Crippen LogP) is 4.49. The van der Waals surface area contributed by atoms with Gasteiger partial charge in [0.05, 0.1) is 18.3 Å². The van der Waals surface area contributed by atoms with Crippen molar-refractivity contribution in [2.75, 3.05) is 19.7 Å². The molecule has 1 unspecified atom stereocenters. The van der Waals surface area contributed by atoms with E-state index in [1.807, 2.05) is 47.0 Å². The van der Waals surface area contributed by atoms with Crippen LogP contribution in [0, 0.1) is 5.92 Å². The smallest absolute Gasteiger partial charge is 0.310 e. The van der Waals surface area contributed by atoms with Gasteiger partial charge in [-0.3, -0.25) is 19.1 Å². The fourth-order valence-corrected chi connectivity index (χ4v) is 5.98. The lowest BCUT2D eigenvalue weighted by Crippen LogP contribution is -2.43. The number of likely N-dealkylation sites (tertiary alicyclic amines) is 1. The van der Waals surface area contributed by atoms with Crippen LogP contribution in [0.25, 0.3) is 17.1 Å². The van der Waals surface area contributed by atoms with Crippen LogP contribution in [0.1, 0.15) is 35.3 Å². The molecule has 11 heteroatoms. The monoisotopic (exact) mass is 534 g/mol. The molecule has 1 aromatic carbocycles. The summed E-state index contributed by atoms with van der Waals surface area (Å²) in [5.41, 5.74) is 2.29. The zero-order valence-corrected chi connectivity index (χ0v) is 22.0. The first-order valence-electron chi connectivity index (χ1n) is 12.1. The van der Waals surface area contributed by atoms with Crippen LogP contribution in [0.3, 0.4) is 0 Å². The number of para-hydroxylation sites is 1. The largest absolute Gasteiger partial charge is 0.466 e. The third-order valence-corrected chi connectivity index (χ3v) is 7.98. The molecule has 4 heterocycles. The number of ether oxygens (including phenoxy) is 1. The Balaban J connectivity index is 1.30. The fourth-order valence-electron chi connectivity index (χ4n) is 4.24. The van der Waals surface area contributed by atoms with E-state index in [2.05, 4.69) is 20.2 Å². The van der Waals surface area contributed by atoms with Crippen LogP contribution in [0.2, 0.25) is 0 Å². The second-order valence-corrected chi connectivity index (χ2v) is 10.4. The van der Waals surface area contributed by atoms with Crippen LogP contribution in [0.5, 0.6) is 0 Å². The van der Waals surface area contributed by atoms with Gasteiger partial charge in [-0.05, 0) is 44.0 Å². The number of benzene rings is 1. The highest BCUT2D eigenvalue weighted by Gasteiger charge is 2.30. The lowest BCUT2D eigenvalue weighted by atomic mass is 9.98. The molecule has 1 atom stereocenters. The average Bonchev–Trinajstić information content (AvgIpc) is 3.60. The molecule has 0 aliphatic carbocycles. The second-order valence-electron chi connectivity index (χ2n) is 8.47. The van der Waals surface area contributed by atoms with Gasteiger partial charge in [0.1, 0.15) is 10.7 Å². The van der Waals surface area contributed by atoms with Crippen LogP contribution in [-0.4, -0.2) is 61.2 Å². The van der Waals surface area contributed by atoms with Gasteiger partial charge < -0.3 is 9.64 Å². The van der Waals surface area contributed by atoms with E-state index in [0.717, 1.165) is 40.1 Å². The Bertz CT molecular complexity index is 1360. The fraction of sp³-hybridized carbons (Fsp3) is 0.308. The molecule has 1 aliphatic heterocycles. The van der Waals surface area contributed by atoms with Crippen LogP contribution < -0.4 is 0 Å². The minimum absolute atomic E-state index is 0.145. The Kier molecular flexibility index (Phi) is 7.90. The average molecular weight is 535 g/mol. The summed E-state index contributed by atoms with van der Waals surface area (Å²) in [6.45, 7) is 3.13. The minimum atomic E-state index is -0.273. The van der Waals surface area contributed by atoms with Crippen LogP contribution in [0.15, 0.2) is 65.4 Å². The zero-order chi connectivity index (χ0) is 25.6. The first-order valence-corrected chi connectivity index (χ1v) is 13.9. The summed E-state index contributed by atoms with van der Waals surface area (Å²) in [4.78, 5) is 35.7. The molecular weight excluding hydrogens is 508 g/mol. The van der Waals surface area contributed by atoms with E-state index < -0.39 is 0 Å². The van der Waals surface area contributed by atoms with Crippen molar-refractivity contribution in [3.05, 3.63) is 70.9 Å². The Morgan fingerprint density at radius 2 is 1.95 bits per heavy atom. The third kappa shape index (κ3) is 5.72. The number of pyridine rings is 1. The maximum Gasteiger partial charge on any atom is 0.310 e. The normalized spacial score (nSPS) is 15.5. The number of hydrogen-bond donors (Lipinski definition) is 0. The molecule has 0 bridgehead atoms. The molecule has 3 aromatic heterocycles. The molecule has 0 radical (unpaired) electrons. The van der Waals surface area contributed by atoms with Gasteiger partial charge in [-0.2, -0.15) is 0 Å². The molecule has 1 fully saturated rings. The van der Waals surface area contributed by atoms with E-state index in [4.69, 9.17) is 4.74 Å². The van der Waals surface area contributed by atoms with Gasteiger partial charge in [0, 0.05) is 42.1 Å². The summed E-state index contributed by atoms with van der Waals surface area (Å²) >= 11 is 2.96. The summed E-state index contributed by atoms with van der Waals surface area (Å²) in [7, 11) is 0. The number of nitrogens with zero attached hydrogens (tertiary/aromatic N) is 6. The number of piperidine rings is 1. The molecular formula is C26H26N6O3S2. The van der Waals surface area contributed by atoms with Crippen molar-refractivity contribution >= 4 is 35.0 Å². The van der Waals surface area contributed by atoms with Gasteiger partial charge in [-0.1, -0.05) is 30.0 Å². The molecule has 1 amide bonds. The highest BCUT2D eigenvalue weighted by Crippen LogP contribution is 2.30. The molecule has 0 N–H and O–H groups in total. The van der Waals surface area contributed by atoms with Crippen LogP contribution in [0.4, 0.5) is 0 Å². The molecule has 9 nitrogen and oxygen atoms in total. The molecule has 37 heavy (non-hydrogen) atoms. The molecule has 1 saturated heterocycles. The third-order valence-electron chi connectivity index (χ3n) is 6.01. The van der Waals surface area contributed by atoms with Crippen molar-refractivity contribution in [2.24, 2.45) is 5.92 Å². The maximum absolute atomic E-state index is 13.1. The van der Waals surface area contributed by atoms with E-state index >= 15 is 0 Å². The SMILES string of the molecule is CCOC(=O)C1CCCN(C(=O)c2csc(CSc3nnc(-c4ccncc4)n3-c3ccccc3)n2)C1. The Morgan fingerprint density at radius 3 is 2.73 bits per heavy atom. The van der Waals surface area contributed by atoms with Crippen molar-refractivity contribution in [3.8, 4) is 17.1 Å². The molecule has 4 aromatic rings. The number of rotatable bonds is 8. The van der Waals surface area contributed by atoms with Gasteiger partial charge >= 0.3 is 5.97 Å². The first kappa shape index (κ1) is 25.1. The topological polar surface area (TPSA) is 103 Å². The molecule has 0 saturated carbocycles. The first-order chi connectivity index (χ1) is 18.1. The van der Waals surface area contributed by atoms with Crippen LogP contribution >= 0.6 is 23.1 Å². The highest BCUT2D eigenvalue weighted by molar-refractivity contribution is 7.98. The number of hydrogen-bond acceptors (Lipinski definition) is 9. The van der Waals surface area contributed by atoms with Gasteiger partial charge in [-0.25, -0.2) is 4.98 Å². The summed E-state index contributed by atoms with van der Waals surface area (Å²) < 4.78 is 7.17. The van der Waals surface area contributed by atoms with Gasteiger partial charge in [0.15, 0.2) is 11.0 Å². The Labute approximate surface area is 222 Å². The Hall–Kier alpha value is -3.57. The number of thiazole rings is 1. The van der Waals surface area contributed by atoms with E-state index in [-0.39, 0.29) is 17.8 Å². The number of carbonyl (C=O) groups is 2. The second kappa shape index (κ2) is 11.7. The molecule has 1 aliphatic rings. The van der Waals surface area contributed by atoms with E-state index in [1.165, 1.54) is 23.1 Å². The minimum Gasteiger partial charge on any atom is -0.466 e. The van der Waals surface area contributed by atoms with Crippen molar-refractivity contribution in [3.63, 3.8) is 0 Å². The number of carbonyl (C=O) groups excluding carboxylic acids is 2. The number of aromatic nitrogens is 5. The molecule has 190 valence electrons. The molecule has 0 spiro atoms. The number of thioether (sulfide) groups is 1. The summed E-state index contributed by atoms with van der Waals surface area (Å²) in [5, 5.41) is 12.2. The van der Waals surface area contributed by atoms with E-state index in [1.54, 1.807) is 29.6 Å². The lowest BCUT2D eigenvalue weighted by molar-refractivity contribution is -0.149. The number of amides is 1. The van der Waals surface area contributed by atoms with Gasteiger partial charge in [-0.15, -0.1) is 21.5 Å². The van der Waals surface area contributed by atoms with Gasteiger partial charge in [0.25, 0.3) is 5.91 Å². The highest BCUT2D eigenvalue weighted by atomic mass is 32.2. The standard InChI is InChI=1S/C26H26N6O3S2/c1-2-35-25(34)19-7-6-14-31(15-19)24(33)21-16-36-22(28-21)17-37-26-30-29-23(18-10-12-27-13-11-18)32(26)20-8-4-3-5-9-20/h3-5,8-13,16,19H,2,6-7,14-15,17H2,1H3. The van der Waals surface area contributed by atoms with Crippen molar-refractivity contribution < 1.29 is 14.3 Å². The lowest BCUT2D eigenvalue weighted by Gasteiger charge is -2.31. The summed E-state index contributed by atoms with van der Waals surface area (Å²) in [5.74, 6) is 0.626. The Morgan fingerprint density at radius 1 is 1.14 bits per heavy atom. The summed E-state index contributed by atoms with van der Waals surface area (Å²) in [6.07, 6.45) is 4.98. The van der Waals surface area contributed by atoms with E-state index in [0.29, 0.717) is 31.1 Å². The quantitative estimate of drug-likeness (QED) is 0.241. The van der Waals surface area contributed by atoms with Crippen molar-refractivity contribution in [2.45, 2.75) is 30.7 Å². The zero-order valence-electron chi connectivity index (χ0n) is 20.3. The van der Waals surface area contributed by atoms with Crippen LogP contribution in [-0.2, 0) is 15.3 Å². The summed E-state index contributed by atoms with van der Waals surface area (Å²) in [6, 6.07) is 13.8. The van der Waals surface area contributed by atoms with Crippen molar-refractivity contribution in [1.82, 2.24) is 29.6 Å². The maximum atomic E-state index is 13.1. The predicted molar refractivity (Wildman–Crippen MR) is 142 cm³/mol. The number of esters is 1. The molecule has 5 rings (SSSR count). The van der Waals surface area contributed by atoms with Crippen molar-refractivity contribution in [1.29, 1.82) is 0 Å². The van der Waals surface area contributed by atoms with Gasteiger partial charge in [0.2, 0.25) is 0 Å².